The smallest absolute Gasteiger partial charge is 0.338 e. The topological polar surface area (TPSA) is 125 Å². The van der Waals surface area contributed by atoms with E-state index in [1.54, 1.807) is 0 Å². The van der Waals surface area contributed by atoms with Crippen LogP contribution in [0, 0.1) is 34.0 Å². The van der Waals surface area contributed by atoms with Gasteiger partial charge in [0.15, 0.2) is 6.10 Å². The van der Waals surface area contributed by atoms with Crippen molar-refractivity contribution in [1.82, 2.24) is 0 Å². The maximum atomic E-state index is 14.7. The lowest BCUT2D eigenvalue weighted by atomic mass is 9.40. The molecule has 0 spiro atoms. The fourth-order valence-corrected chi connectivity index (χ4v) is 10.1. The maximum Gasteiger partial charge on any atom is 0.338 e. The molecule has 3 aliphatic carbocycles. The van der Waals surface area contributed by atoms with E-state index in [0.717, 1.165) is 11.3 Å². The summed E-state index contributed by atoms with van der Waals surface area (Å²) >= 11 is 0. The van der Waals surface area contributed by atoms with Crippen molar-refractivity contribution in [1.29, 1.82) is 0 Å². The van der Waals surface area contributed by atoms with Crippen molar-refractivity contribution in [2.24, 2.45) is 34.0 Å². The third kappa shape index (κ3) is 4.62. The standard InChI is InChI=1S/C38H49NO7/c1-21-26(46-34(43)31(41)30(24-14-10-8-11-15-24)39-25-16-12-9-13-17-25)19-38(44)23(3)32-36(6)20-45-28(36)18-27(40)37(32,7)33(42)22(2)29(21)35(38,4)5/h8-17,22-23,26-28,30-32,39-41,44H,18-20H2,1-7H3/t22-,23+,26+,27+,28-,30+,31-,32-,36-,37-,38-/m1/s1. The highest BCUT2D eigenvalue weighted by Gasteiger charge is 2.72. The molecule has 2 saturated carbocycles. The number of hydrogen-bond acceptors (Lipinski definition) is 8. The summed E-state index contributed by atoms with van der Waals surface area (Å²) in [5.41, 5.74) is -0.840. The number of rotatable bonds is 6. The lowest BCUT2D eigenvalue weighted by Crippen LogP contribution is -2.74. The van der Waals surface area contributed by atoms with E-state index >= 15 is 0 Å². The zero-order valence-corrected chi connectivity index (χ0v) is 28.0. The minimum absolute atomic E-state index is 0.0592. The summed E-state index contributed by atoms with van der Waals surface area (Å²) in [6.45, 7) is 14.1. The molecule has 1 aliphatic heterocycles. The zero-order valence-electron chi connectivity index (χ0n) is 28.0. The number of benzene rings is 2. The summed E-state index contributed by atoms with van der Waals surface area (Å²) in [6.07, 6.45) is -3.05. The molecule has 8 nitrogen and oxygen atoms in total. The van der Waals surface area contributed by atoms with Crippen molar-refractivity contribution in [3.63, 3.8) is 0 Å². The van der Waals surface area contributed by atoms with Crippen molar-refractivity contribution in [3.8, 4) is 0 Å². The van der Waals surface area contributed by atoms with Crippen molar-refractivity contribution >= 4 is 17.4 Å². The van der Waals surface area contributed by atoms with Crippen LogP contribution in [0.25, 0.3) is 0 Å². The summed E-state index contributed by atoms with van der Waals surface area (Å²) in [6, 6.07) is 17.8. The molecule has 3 fully saturated rings. The van der Waals surface area contributed by atoms with Crippen LogP contribution in [-0.4, -0.2) is 63.7 Å². The number of ether oxygens (including phenoxy) is 2. The summed E-state index contributed by atoms with van der Waals surface area (Å²) < 4.78 is 12.1. The molecular weight excluding hydrogens is 582 g/mol. The lowest BCUT2D eigenvalue weighted by Gasteiger charge is -2.68. The van der Waals surface area contributed by atoms with Crippen molar-refractivity contribution in [2.45, 2.75) is 97.4 Å². The third-order valence-corrected chi connectivity index (χ3v) is 12.7. The summed E-state index contributed by atoms with van der Waals surface area (Å²) in [5, 5.41) is 39.4. The van der Waals surface area contributed by atoms with Crippen LogP contribution in [0.5, 0.6) is 0 Å². The number of anilines is 1. The highest BCUT2D eigenvalue weighted by atomic mass is 16.6. The van der Waals surface area contributed by atoms with Gasteiger partial charge in [0.2, 0.25) is 0 Å². The molecule has 8 heteroatoms. The number of aliphatic hydroxyl groups excluding tert-OH is 2. The first kappa shape index (κ1) is 32.9. The Balaban J connectivity index is 1.38. The average molecular weight is 632 g/mol. The molecule has 2 aromatic carbocycles. The van der Waals surface area contributed by atoms with Gasteiger partial charge in [-0.05, 0) is 54.5 Å². The van der Waals surface area contributed by atoms with Gasteiger partial charge in [-0.25, -0.2) is 4.79 Å². The van der Waals surface area contributed by atoms with Gasteiger partial charge in [0.05, 0.1) is 35.9 Å². The average Bonchev–Trinajstić information content (AvgIpc) is 3.03. The second kappa shape index (κ2) is 11.3. The van der Waals surface area contributed by atoms with Crippen LogP contribution < -0.4 is 5.32 Å². The molecule has 1 heterocycles. The largest absolute Gasteiger partial charge is 0.456 e. The molecule has 0 amide bonds. The Bertz CT molecular complexity index is 1520. The van der Waals surface area contributed by atoms with E-state index < -0.39 is 64.0 Å². The Kier molecular flexibility index (Phi) is 8.07. The maximum absolute atomic E-state index is 14.7. The van der Waals surface area contributed by atoms with Crippen molar-refractivity contribution < 1.29 is 34.4 Å². The predicted molar refractivity (Wildman–Crippen MR) is 175 cm³/mol. The fraction of sp³-hybridized carbons (Fsp3) is 0.579. The molecule has 4 aliphatic rings. The van der Waals surface area contributed by atoms with E-state index in [-0.39, 0.29) is 24.2 Å². The molecule has 2 bridgehead atoms. The van der Waals surface area contributed by atoms with Gasteiger partial charge in [-0.1, -0.05) is 83.1 Å². The highest BCUT2D eigenvalue weighted by Crippen LogP contribution is 2.67. The van der Waals surface area contributed by atoms with E-state index in [1.807, 2.05) is 102 Å². The summed E-state index contributed by atoms with van der Waals surface area (Å²) in [5.74, 6) is -2.34. The number of esters is 1. The third-order valence-electron chi connectivity index (χ3n) is 12.7. The number of fused-ring (bicyclic) bond motifs is 5. The van der Waals surface area contributed by atoms with Gasteiger partial charge >= 0.3 is 5.97 Å². The minimum atomic E-state index is -1.56. The number of nitrogens with one attached hydrogen (secondary N) is 1. The first-order chi connectivity index (χ1) is 21.6. The Hall–Kier alpha value is -3.04. The molecule has 6 rings (SSSR count). The fourth-order valence-electron chi connectivity index (χ4n) is 10.1. The molecule has 4 N–H and O–H groups in total. The van der Waals surface area contributed by atoms with Crippen molar-refractivity contribution in [2.75, 3.05) is 11.9 Å². The molecule has 1 saturated heterocycles. The van der Waals surface area contributed by atoms with Crippen LogP contribution in [0.15, 0.2) is 71.8 Å². The van der Waals surface area contributed by atoms with Gasteiger partial charge in [0.25, 0.3) is 0 Å². The van der Waals surface area contributed by atoms with Gasteiger partial charge in [-0.3, -0.25) is 4.79 Å². The Morgan fingerprint density at radius 3 is 2.22 bits per heavy atom. The molecule has 0 aromatic heterocycles. The van der Waals surface area contributed by atoms with Crippen LogP contribution in [0.1, 0.15) is 72.9 Å². The summed E-state index contributed by atoms with van der Waals surface area (Å²) in [7, 11) is 0. The SMILES string of the molecule is CC1=C2[C@@H](C)C(=O)[C@@]3(C)[C@H]([C@H](C)[C@](O)(C[C@@H]1OC(=O)[C@H](O)[C@@H](Nc1ccccc1)c1ccccc1)C2(C)C)[C@]1(C)CO[C@@H]1C[C@@H]3O. The van der Waals surface area contributed by atoms with Gasteiger partial charge in [0.1, 0.15) is 11.9 Å². The van der Waals surface area contributed by atoms with Crippen LogP contribution in [0.4, 0.5) is 5.69 Å². The van der Waals surface area contributed by atoms with E-state index in [4.69, 9.17) is 9.47 Å². The van der Waals surface area contributed by atoms with Gasteiger partial charge in [0, 0.05) is 35.3 Å². The number of aliphatic hydroxyl groups is 3. The van der Waals surface area contributed by atoms with Crippen molar-refractivity contribution in [3.05, 3.63) is 77.4 Å². The number of Topliss-reactive ketones (excluding diaryl/α,β-unsaturated/α-hetero) is 1. The quantitative estimate of drug-likeness (QED) is 0.252. The number of para-hydroxylation sites is 1. The normalized spacial score (nSPS) is 39.5. The monoisotopic (exact) mass is 631 g/mol. The molecule has 248 valence electrons. The van der Waals surface area contributed by atoms with E-state index in [9.17, 15) is 24.9 Å². The molecule has 2 aromatic rings. The molecule has 46 heavy (non-hydrogen) atoms. The van der Waals surface area contributed by atoms with Gasteiger partial charge < -0.3 is 30.1 Å². The van der Waals surface area contributed by atoms with E-state index in [1.165, 1.54) is 0 Å². The highest BCUT2D eigenvalue weighted by molar-refractivity contribution is 5.91. The van der Waals surface area contributed by atoms with Crippen LogP contribution >= 0.6 is 0 Å². The Morgan fingerprint density at radius 2 is 1.63 bits per heavy atom. The molecule has 0 radical (unpaired) electrons. The van der Waals surface area contributed by atoms with Crippen LogP contribution in [-0.2, 0) is 19.1 Å². The number of hydrogen-bond donors (Lipinski definition) is 4. The zero-order chi connectivity index (χ0) is 33.4. The number of carbonyl (C=O) groups excluding carboxylic acids is 2. The lowest BCUT2D eigenvalue weighted by molar-refractivity contribution is -0.301. The number of ketones is 1. The Labute approximate surface area is 272 Å². The van der Waals surface area contributed by atoms with Gasteiger partial charge in [-0.2, -0.15) is 0 Å². The number of carbonyl (C=O) groups is 2. The van der Waals surface area contributed by atoms with E-state index in [0.29, 0.717) is 24.2 Å². The molecular formula is C38H49NO7. The van der Waals surface area contributed by atoms with Crippen LogP contribution in [0.3, 0.4) is 0 Å². The second-order valence-electron chi connectivity index (χ2n) is 15.3. The molecule has 11 atom stereocenters. The van der Waals surface area contributed by atoms with Gasteiger partial charge in [-0.15, -0.1) is 0 Å². The van der Waals surface area contributed by atoms with Crippen LogP contribution in [0.2, 0.25) is 0 Å². The second-order valence-corrected chi connectivity index (χ2v) is 15.3. The summed E-state index contributed by atoms with van der Waals surface area (Å²) in [4.78, 5) is 28.5. The minimum Gasteiger partial charge on any atom is -0.456 e. The molecule has 0 unspecified atom stereocenters. The predicted octanol–water partition coefficient (Wildman–Crippen LogP) is 5.24. The first-order valence-electron chi connectivity index (χ1n) is 16.6. The Morgan fingerprint density at radius 1 is 1.02 bits per heavy atom. The first-order valence-corrected chi connectivity index (χ1v) is 16.6. The van der Waals surface area contributed by atoms with E-state index in [2.05, 4.69) is 12.2 Å².